The van der Waals surface area contributed by atoms with Crippen molar-refractivity contribution in [3.05, 3.63) is 0 Å². The third-order valence-corrected chi connectivity index (χ3v) is 6.06. The Balaban J connectivity index is 3.18. The standard InChI is InChI=1S/C35H69NO16/c1-35(2,3)52-34(38)6-9-41-14-17-45-22-25-49-29-31-50-26-23-46-18-15-42-10-7-36-33(37)5-8-40-13-16-44-21-24-48-30-32-51-28-27-47-20-19-43-12-11-39-4/h5-32H2,1-4H3,(H,36,37). The molecule has 17 heteroatoms. The Kier molecular flexibility index (Phi) is 39.4. The van der Waals surface area contributed by atoms with Crippen LogP contribution in [0.15, 0.2) is 0 Å². The van der Waals surface area contributed by atoms with Gasteiger partial charge in [-0.05, 0) is 20.8 Å². The van der Waals surface area contributed by atoms with Gasteiger partial charge in [-0.1, -0.05) is 0 Å². The molecule has 0 aliphatic carbocycles. The molecular weight excluding hydrogens is 690 g/mol. The number of rotatable bonds is 42. The molecule has 310 valence electrons. The maximum absolute atomic E-state index is 11.9. The lowest BCUT2D eigenvalue weighted by atomic mass is 10.2. The summed E-state index contributed by atoms with van der Waals surface area (Å²) in [5, 5.41) is 2.79. The van der Waals surface area contributed by atoms with Gasteiger partial charge >= 0.3 is 5.97 Å². The maximum Gasteiger partial charge on any atom is 0.308 e. The van der Waals surface area contributed by atoms with E-state index in [1.807, 2.05) is 20.8 Å². The minimum Gasteiger partial charge on any atom is -0.460 e. The summed E-state index contributed by atoms with van der Waals surface area (Å²) in [7, 11) is 1.64. The van der Waals surface area contributed by atoms with E-state index in [0.717, 1.165) is 0 Å². The second-order valence-electron chi connectivity index (χ2n) is 11.8. The molecule has 1 N–H and O–H groups in total. The van der Waals surface area contributed by atoms with Crippen molar-refractivity contribution in [1.29, 1.82) is 0 Å². The predicted molar refractivity (Wildman–Crippen MR) is 190 cm³/mol. The van der Waals surface area contributed by atoms with Gasteiger partial charge in [0.15, 0.2) is 0 Å². The second-order valence-corrected chi connectivity index (χ2v) is 11.8. The van der Waals surface area contributed by atoms with Crippen LogP contribution in [0.25, 0.3) is 0 Å². The number of nitrogens with one attached hydrogen (secondary N) is 1. The Morgan fingerprint density at radius 2 is 0.654 bits per heavy atom. The summed E-state index contributed by atoms with van der Waals surface area (Å²) < 4.78 is 75.2. The molecular formula is C35H69NO16. The van der Waals surface area contributed by atoms with Crippen LogP contribution in [0.2, 0.25) is 0 Å². The highest BCUT2D eigenvalue weighted by Gasteiger charge is 2.15. The molecule has 0 aromatic heterocycles. The fraction of sp³-hybridized carbons (Fsp3) is 0.943. The first kappa shape index (κ1) is 50.4. The minimum atomic E-state index is -0.482. The third-order valence-electron chi connectivity index (χ3n) is 6.06. The van der Waals surface area contributed by atoms with Gasteiger partial charge in [0.2, 0.25) is 5.91 Å². The van der Waals surface area contributed by atoms with Gasteiger partial charge in [0.05, 0.1) is 172 Å². The van der Waals surface area contributed by atoms with Gasteiger partial charge in [-0.25, -0.2) is 0 Å². The number of hydrogen-bond acceptors (Lipinski definition) is 16. The largest absolute Gasteiger partial charge is 0.460 e. The Morgan fingerprint density at radius 1 is 0.385 bits per heavy atom. The zero-order chi connectivity index (χ0) is 38.1. The first-order valence-electron chi connectivity index (χ1n) is 18.3. The SMILES string of the molecule is COCCOCCOCCOCCOCCOCCOCCC(=O)NCCOCCOCCOCCOCCOCCOCCC(=O)OC(C)(C)C. The second kappa shape index (κ2) is 40.6. The van der Waals surface area contributed by atoms with Crippen LogP contribution in [0.3, 0.4) is 0 Å². The van der Waals surface area contributed by atoms with Gasteiger partial charge in [0.1, 0.15) is 5.60 Å². The van der Waals surface area contributed by atoms with E-state index in [1.165, 1.54) is 0 Å². The summed E-state index contributed by atoms with van der Waals surface area (Å²) in [5.74, 6) is -0.368. The van der Waals surface area contributed by atoms with Crippen LogP contribution in [0, 0.1) is 0 Å². The van der Waals surface area contributed by atoms with Crippen molar-refractivity contribution in [2.24, 2.45) is 0 Å². The molecule has 1 amide bonds. The molecule has 0 radical (unpaired) electrons. The molecule has 0 aromatic rings. The summed E-state index contributed by atoms with van der Waals surface area (Å²) in [5.41, 5.74) is -0.482. The van der Waals surface area contributed by atoms with E-state index in [1.54, 1.807) is 7.11 Å². The molecule has 0 bridgehead atoms. The quantitative estimate of drug-likeness (QED) is 0.0691. The lowest BCUT2D eigenvalue weighted by Crippen LogP contribution is -2.28. The van der Waals surface area contributed by atoms with Crippen molar-refractivity contribution in [1.82, 2.24) is 5.32 Å². The van der Waals surface area contributed by atoms with Gasteiger partial charge in [0.25, 0.3) is 0 Å². The van der Waals surface area contributed by atoms with Crippen LogP contribution < -0.4 is 5.32 Å². The predicted octanol–water partition coefficient (Wildman–Crippen LogP) is 1.07. The topological polar surface area (TPSA) is 175 Å². The van der Waals surface area contributed by atoms with E-state index in [9.17, 15) is 9.59 Å². The van der Waals surface area contributed by atoms with Crippen molar-refractivity contribution >= 4 is 11.9 Å². The molecule has 0 aliphatic rings. The van der Waals surface area contributed by atoms with E-state index >= 15 is 0 Å². The fourth-order valence-corrected chi connectivity index (χ4v) is 3.61. The highest BCUT2D eigenvalue weighted by atomic mass is 16.6. The third kappa shape index (κ3) is 44.6. The van der Waals surface area contributed by atoms with Gasteiger partial charge in [-0.3, -0.25) is 9.59 Å². The van der Waals surface area contributed by atoms with Gasteiger partial charge < -0.3 is 71.6 Å². The first-order chi connectivity index (χ1) is 25.3. The molecule has 0 rings (SSSR count). The lowest BCUT2D eigenvalue weighted by molar-refractivity contribution is -0.156. The highest BCUT2D eigenvalue weighted by Crippen LogP contribution is 2.08. The summed E-state index contributed by atoms with van der Waals surface area (Å²) in [6.07, 6.45) is 0.494. The molecule has 0 unspecified atom stereocenters. The molecule has 0 aromatic carbocycles. The number of amides is 1. The average Bonchev–Trinajstić information content (AvgIpc) is 3.10. The number of carbonyl (C=O) groups excluding carboxylic acids is 2. The molecule has 0 saturated heterocycles. The van der Waals surface area contributed by atoms with Gasteiger partial charge in [0, 0.05) is 20.1 Å². The van der Waals surface area contributed by atoms with E-state index in [-0.39, 0.29) is 24.7 Å². The Bertz CT molecular complexity index is 759. The summed E-state index contributed by atoms with van der Waals surface area (Å²) in [6, 6.07) is 0. The van der Waals surface area contributed by atoms with Crippen molar-refractivity contribution in [3.63, 3.8) is 0 Å². The van der Waals surface area contributed by atoms with Crippen molar-refractivity contribution in [3.8, 4) is 0 Å². The molecule has 0 saturated carbocycles. The highest BCUT2D eigenvalue weighted by molar-refractivity contribution is 5.75. The van der Waals surface area contributed by atoms with Crippen LogP contribution >= 0.6 is 0 Å². The molecule has 17 nitrogen and oxygen atoms in total. The van der Waals surface area contributed by atoms with Crippen molar-refractivity contribution in [2.45, 2.75) is 39.2 Å². The molecule has 0 heterocycles. The minimum absolute atomic E-state index is 0.0954. The van der Waals surface area contributed by atoms with Gasteiger partial charge in [-0.2, -0.15) is 0 Å². The molecule has 0 aliphatic heterocycles. The Labute approximate surface area is 311 Å². The number of carbonyl (C=O) groups is 2. The smallest absolute Gasteiger partial charge is 0.308 e. The first-order valence-corrected chi connectivity index (χ1v) is 18.3. The number of esters is 1. The van der Waals surface area contributed by atoms with E-state index in [0.29, 0.717) is 172 Å². The average molecular weight is 760 g/mol. The summed E-state index contributed by atoms with van der Waals surface area (Å²) in [4.78, 5) is 23.5. The molecule has 0 atom stereocenters. The number of hydrogen-bond donors (Lipinski definition) is 1. The molecule has 0 spiro atoms. The summed E-state index contributed by atoms with van der Waals surface area (Å²) in [6.45, 7) is 17.4. The Morgan fingerprint density at radius 3 is 0.962 bits per heavy atom. The molecule has 52 heavy (non-hydrogen) atoms. The fourth-order valence-electron chi connectivity index (χ4n) is 3.61. The van der Waals surface area contributed by atoms with Crippen LogP contribution in [0.1, 0.15) is 33.6 Å². The Hall–Kier alpha value is -1.58. The zero-order valence-corrected chi connectivity index (χ0v) is 32.3. The van der Waals surface area contributed by atoms with E-state index in [2.05, 4.69) is 5.32 Å². The molecule has 0 fully saturated rings. The number of ether oxygens (including phenoxy) is 14. The summed E-state index contributed by atoms with van der Waals surface area (Å²) >= 11 is 0. The van der Waals surface area contributed by atoms with E-state index < -0.39 is 5.60 Å². The van der Waals surface area contributed by atoms with Crippen molar-refractivity contribution < 1.29 is 75.9 Å². The van der Waals surface area contributed by atoms with Crippen LogP contribution in [0.4, 0.5) is 0 Å². The number of methoxy groups -OCH3 is 1. The lowest BCUT2D eigenvalue weighted by Gasteiger charge is -2.19. The van der Waals surface area contributed by atoms with Crippen molar-refractivity contribution in [2.75, 3.05) is 179 Å². The zero-order valence-electron chi connectivity index (χ0n) is 32.3. The van der Waals surface area contributed by atoms with Crippen LogP contribution in [-0.4, -0.2) is 196 Å². The van der Waals surface area contributed by atoms with Crippen LogP contribution in [0.5, 0.6) is 0 Å². The maximum atomic E-state index is 11.9. The monoisotopic (exact) mass is 759 g/mol. The normalized spacial score (nSPS) is 11.7. The van der Waals surface area contributed by atoms with Gasteiger partial charge in [-0.15, -0.1) is 0 Å². The van der Waals surface area contributed by atoms with E-state index in [4.69, 9.17) is 66.3 Å². The van der Waals surface area contributed by atoms with Crippen LogP contribution in [-0.2, 0) is 75.9 Å².